The molecule has 1 aromatic rings. The quantitative estimate of drug-likeness (QED) is 0.739. The van der Waals surface area contributed by atoms with Crippen molar-refractivity contribution < 1.29 is 9.59 Å². The summed E-state index contributed by atoms with van der Waals surface area (Å²) >= 11 is 0. The Kier molecular flexibility index (Phi) is 5.27. The summed E-state index contributed by atoms with van der Waals surface area (Å²) < 4.78 is 1.76. The van der Waals surface area contributed by atoms with Gasteiger partial charge < -0.3 is 4.90 Å². The molecule has 1 aromatic heterocycles. The van der Waals surface area contributed by atoms with Crippen LogP contribution in [-0.2, 0) is 11.3 Å². The third-order valence-electron chi connectivity index (χ3n) is 3.39. The molecule has 0 aliphatic heterocycles. The minimum Gasteiger partial charge on any atom is -0.343 e. The van der Waals surface area contributed by atoms with E-state index in [-0.39, 0.29) is 11.7 Å². The number of carbonyl (C=O) groups excluding carboxylic acids is 2. The molecule has 0 radical (unpaired) electrons. The maximum atomic E-state index is 11.9. The molecule has 5 heteroatoms. The summed E-state index contributed by atoms with van der Waals surface area (Å²) in [6, 6.07) is 0. The zero-order chi connectivity index (χ0) is 14.6. The molecule has 5 nitrogen and oxygen atoms in total. The lowest BCUT2D eigenvalue weighted by Gasteiger charge is -2.18. The van der Waals surface area contributed by atoms with Crippen molar-refractivity contribution in [3.8, 4) is 0 Å². The molecule has 0 saturated heterocycles. The van der Waals surface area contributed by atoms with Gasteiger partial charge in [0.1, 0.15) is 0 Å². The van der Waals surface area contributed by atoms with Crippen LogP contribution in [0.25, 0.3) is 0 Å². The highest BCUT2D eigenvalue weighted by Crippen LogP contribution is 2.14. The Bertz CT molecular complexity index is 473. The number of carbonyl (C=O) groups is 2. The van der Waals surface area contributed by atoms with Crippen LogP contribution in [0.2, 0.25) is 0 Å². The lowest BCUT2D eigenvalue weighted by atomic mass is 10.1. The average Bonchev–Trinajstić information content (AvgIpc) is 2.63. The summed E-state index contributed by atoms with van der Waals surface area (Å²) in [5.74, 6) is 0.151. The van der Waals surface area contributed by atoms with Gasteiger partial charge in [-0.15, -0.1) is 0 Å². The highest BCUT2D eigenvalue weighted by atomic mass is 16.2. The van der Waals surface area contributed by atoms with E-state index < -0.39 is 0 Å². The van der Waals surface area contributed by atoms with E-state index in [1.807, 2.05) is 27.7 Å². The minimum atomic E-state index is 0.0244. The molecule has 0 fully saturated rings. The summed E-state index contributed by atoms with van der Waals surface area (Å²) in [4.78, 5) is 25.2. The molecule has 19 heavy (non-hydrogen) atoms. The van der Waals surface area contributed by atoms with Gasteiger partial charge in [0.25, 0.3) is 0 Å². The van der Waals surface area contributed by atoms with Gasteiger partial charge in [-0.05, 0) is 34.6 Å². The van der Waals surface area contributed by atoms with Gasteiger partial charge in [-0.3, -0.25) is 14.3 Å². The van der Waals surface area contributed by atoms with Crippen molar-refractivity contribution in [2.45, 2.75) is 47.6 Å². The van der Waals surface area contributed by atoms with Gasteiger partial charge in [-0.2, -0.15) is 5.10 Å². The molecule has 106 valence electrons. The maximum Gasteiger partial charge on any atom is 0.224 e. The molecule has 0 aliphatic carbocycles. The fourth-order valence-corrected chi connectivity index (χ4v) is 2.36. The fraction of sp³-hybridized carbons (Fsp3) is 0.643. The summed E-state index contributed by atoms with van der Waals surface area (Å²) in [7, 11) is 0. The number of nitrogens with zero attached hydrogens (tertiary/aromatic N) is 3. The molecular weight excluding hydrogens is 242 g/mol. The van der Waals surface area contributed by atoms with Crippen molar-refractivity contribution in [2.24, 2.45) is 0 Å². The molecule has 0 N–H and O–H groups in total. The van der Waals surface area contributed by atoms with Gasteiger partial charge in [0.05, 0.1) is 11.3 Å². The van der Waals surface area contributed by atoms with Crippen LogP contribution in [0.3, 0.4) is 0 Å². The first-order valence-electron chi connectivity index (χ1n) is 6.75. The number of Topliss-reactive ketones (excluding diaryl/α,β-unsaturated/α-hetero) is 1. The van der Waals surface area contributed by atoms with E-state index >= 15 is 0 Å². The minimum absolute atomic E-state index is 0.0244. The summed E-state index contributed by atoms with van der Waals surface area (Å²) in [5.41, 5.74) is 2.26. The van der Waals surface area contributed by atoms with Gasteiger partial charge in [0, 0.05) is 31.7 Å². The van der Waals surface area contributed by atoms with Crippen molar-refractivity contribution in [2.75, 3.05) is 13.1 Å². The third-order valence-corrected chi connectivity index (χ3v) is 3.39. The Morgan fingerprint density at radius 1 is 1.21 bits per heavy atom. The lowest BCUT2D eigenvalue weighted by Crippen LogP contribution is -2.31. The molecule has 1 heterocycles. The van der Waals surface area contributed by atoms with E-state index in [2.05, 4.69) is 5.10 Å². The first-order chi connectivity index (χ1) is 8.92. The second-order valence-electron chi connectivity index (χ2n) is 4.64. The fourth-order valence-electron chi connectivity index (χ4n) is 2.36. The highest BCUT2D eigenvalue weighted by molar-refractivity contribution is 5.96. The molecule has 0 saturated carbocycles. The van der Waals surface area contributed by atoms with Crippen molar-refractivity contribution in [3.63, 3.8) is 0 Å². The number of amides is 1. The second kappa shape index (κ2) is 6.50. The summed E-state index contributed by atoms with van der Waals surface area (Å²) in [5, 5.41) is 4.34. The predicted octanol–water partition coefficient (Wildman–Crippen LogP) is 1.96. The topological polar surface area (TPSA) is 55.2 Å². The number of aryl methyl sites for hydroxylation is 2. The van der Waals surface area contributed by atoms with E-state index in [9.17, 15) is 9.59 Å². The van der Waals surface area contributed by atoms with Crippen molar-refractivity contribution >= 4 is 11.7 Å². The van der Waals surface area contributed by atoms with Gasteiger partial charge in [-0.25, -0.2) is 0 Å². The van der Waals surface area contributed by atoms with Crippen LogP contribution in [-0.4, -0.2) is 39.5 Å². The highest BCUT2D eigenvalue weighted by Gasteiger charge is 2.16. The maximum absolute atomic E-state index is 11.9. The van der Waals surface area contributed by atoms with Crippen molar-refractivity contribution in [1.29, 1.82) is 0 Å². The van der Waals surface area contributed by atoms with E-state index in [1.165, 1.54) is 0 Å². The smallest absolute Gasteiger partial charge is 0.224 e. The van der Waals surface area contributed by atoms with Gasteiger partial charge in [0.2, 0.25) is 5.91 Å². The van der Waals surface area contributed by atoms with Gasteiger partial charge >= 0.3 is 0 Å². The van der Waals surface area contributed by atoms with Crippen molar-refractivity contribution in [1.82, 2.24) is 14.7 Å². The first kappa shape index (κ1) is 15.4. The van der Waals surface area contributed by atoms with Crippen LogP contribution in [0.1, 0.15) is 48.9 Å². The van der Waals surface area contributed by atoms with Gasteiger partial charge in [0.15, 0.2) is 5.78 Å². The van der Waals surface area contributed by atoms with E-state index in [1.54, 1.807) is 16.5 Å². The Labute approximate surface area is 114 Å². The van der Waals surface area contributed by atoms with Crippen LogP contribution in [0.15, 0.2) is 0 Å². The molecule has 0 bridgehead atoms. The average molecular weight is 265 g/mol. The van der Waals surface area contributed by atoms with Crippen LogP contribution in [0, 0.1) is 13.8 Å². The lowest BCUT2D eigenvalue weighted by molar-refractivity contribution is -0.131. The predicted molar refractivity (Wildman–Crippen MR) is 74.3 cm³/mol. The Hall–Kier alpha value is -1.65. The number of hydrogen-bond acceptors (Lipinski definition) is 3. The molecule has 0 aromatic carbocycles. The Morgan fingerprint density at radius 2 is 1.79 bits per heavy atom. The molecule has 1 amide bonds. The molecular formula is C14H23N3O2. The third kappa shape index (κ3) is 3.43. The number of ketones is 1. The van der Waals surface area contributed by atoms with Crippen molar-refractivity contribution in [3.05, 3.63) is 17.0 Å². The molecule has 0 spiro atoms. The van der Waals surface area contributed by atoms with E-state index in [0.717, 1.165) is 24.5 Å². The van der Waals surface area contributed by atoms with Crippen LogP contribution < -0.4 is 0 Å². The van der Waals surface area contributed by atoms with E-state index in [4.69, 9.17) is 0 Å². The second-order valence-corrected chi connectivity index (χ2v) is 4.64. The molecule has 1 rings (SSSR count). The van der Waals surface area contributed by atoms with Crippen LogP contribution >= 0.6 is 0 Å². The summed E-state index contributed by atoms with van der Waals surface area (Å²) in [6.07, 6.45) is 0.418. The number of rotatable bonds is 6. The Balaban J connectivity index is 2.77. The first-order valence-corrected chi connectivity index (χ1v) is 6.75. The number of aromatic nitrogens is 2. The van der Waals surface area contributed by atoms with Crippen LogP contribution in [0.4, 0.5) is 0 Å². The SMILES string of the molecule is CCN(CC)C(=O)CCn1nc(C)c(C(C)=O)c1C. The summed E-state index contributed by atoms with van der Waals surface area (Å²) in [6.45, 7) is 11.2. The monoisotopic (exact) mass is 265 g/mol. The molecule has 0 atom stereocenters. The largest absolute Gasteiger partial charge is 0.343 e. The standard InChI is InChI=1S/C14H23N3O2/c1-6-16(7-2)13(19)8-9-17-11(4)14(12(5)18)10(3)15-17/h6-9H2,1-5H3. The molecule has 0 unspecified atom stereocenters. The van der Waals surface area contributed by atoms with Crippen LogP contribution in [0.5, 0.6) is 0 Å². The van der Waals surface area contributed by atoms with E-state index in [0.29, 0.717) is 18.5 Å². The van der Waals surface area contributed by atoms with Gasteiger partial charge in [-0.1, -0.05) is 0 Å². The Morgan fingerprint density at radius 3 is 2.21 bits per heavy atom. The molecule has 0 aliphatic rings. The normalized spacial score (nSPS) is 10.6. The zero-order valence-corrected chi connectivity index (χ0v) is 12.5. The zero-order valence-electron chi connectivity index (χ0n) is 12.5. The number of hydrogen-bond donors (Lipinski definition) is 0.